The van der Waals surface area contributed by atoms with Gasteiger partial charge in [0.2, 0.25) is 0 Å². The van der Waals surface area contributed by atoms with Gasteiger partial charge in [-0.05, 0) is 68.4 Å². The first kappa shape index (κ1) is 23.2. The summed E-state index contributed by atoms with van der Waals surface area (Å²) in [6.45, 7) is 4.47. The zero-order valence-corrected chi connectivity index (χ0v) is 20.8. The molecule has 0 bridgehead atoms. The summed E-state index contributed by atoms with van der Waals surface area (Å²) in [5, 5.41) is 1.54. The lowest BCUT2D eigenvalue weighted by Gasteiger charge is -2.13. The molecule has 0 spiro atoms. The quantitative estimate of drug-likeness (QED) is 0.153. The highest BCUT2D eigenvalue weighted by Crippen LogP contribution is 2.25. The van der Waals surface area contributed by atoms with E-state index < -0.39 is 0 Å². The van der Waals surface area contributed by atoms with E-state index in [4.69, 9.17) is 21.0 Å². The van der Waals surface area contributed by atoms with E-state index in [0.717, 1.165) is 17.1 Å². The van der Waals surface area contributed by atoms with Crippen LogP contribution in [0.2, 0.25) is 5.02 Å². The first-order chi connectivity index (χ1) is 16.9. The first-order valence-electron chi connectivity index (χ1n) is 11.0. The van der Waals surface area contributed by atoms with Crippen molar-refractivity contribution < 1.29 is 9.21 Å². The molecular weight excluding hydrogens is 482 g/mol. The standard InChI is InChI=1S/C27H22ClN3O3S/c1-17-14-23(18(2)30(17)15-21-6-5-13-34-21)25(32)16-35-27-29-24-8-4-3-7-22(24)26(33)31(27)20-11-9-19(28)10-12-20/h3-14H,15-16H2,1-2H3. The Bertz CT molecular complexity index is 1590. The summed E-state index contributed by atoms with van der Waals surface area (Å²) < 4.78 is 9.08. The van der Waals surface area contributed by atoms with Gasteiger partial charge >= 0.3 is 0 Å². The third-order valence-corrected chi connectivity index (χ3v) is 7.12. The summed E-state index contributed by atoms with van der Waals surface area (Å²) in [5.41, 5.74) is 3.56. The fraction of sp³-hybridized carbons (Fsp3) is 0.148. The number of aryl methyl sites for hydroxylation is 1. The number of thioether (sulfide) groups is 1. The van der Waals surface area contributed by atoms with E-state index in [-0.39, 0.29) is 17.1 Å². The SMILES string of the molecule is Cc1cc(C(=O)CSc2nc3ccccc3c(=O)n2-c2ccc(Cl)cc2)c(C)n1Cc1ccco1. The van der Waals surface area contributed by atoms with E-state index in [9.17, 15) is 9.59 Å². The third-order valence-electron chi connectivity index (χ3n) is 5.93. The lowest BCUT2D eigenvalue weighted by atomic mass is 10.2. The monoisotopic (exact) mass is 503 g/mol. The van der Waals surface area contributed by atoms with Crippen LogP contribution in [0, 0.1) is 13.8 Å². The van der Waals surface area contributed by atoms with Gasteiger partial charge in [0, 0.05) is 22.0 Å². The van der Waals surface area contributed by atoms with Gasteiger partial charge in [0.15, 0.2) is 10.9 Å². The van der Waals surface area contributed by atoms with Gasteiger partial charge in [-0.2, -0.15) is 0 Å². The number of Topliss-reactive ketones (excluding diaryl/α,β-unsaturated/α-hetero) is 1. The number of furan rings is 1. The van der Waals surface area contributed by atoms with Gasteiger partial charge in [-0.15, -0.1) is 0 Å². The van der Waals surface area contributed by atoms with Crippen LogP contribution in [0.5, 0.6) is 0 Å². The number of aromatic nitrogens is 3. The summed E-state index contributed by atoms with van der Waals surface area (Å²) in [6.07, 6.45) is 1.64. The molecule has 0 amide bonds. The number of carbonyl (C=O) groups excluding carboxylic acids is 1. The molecule has 176 valence electrons. The molecule has 5 rings (SSSR count). The number of hydrogen-bond acceptors (Lipinski definition) is 5. The minimum Gasteiger partial charge on any atom is -0.467 e. The molecule has 0 aliphatic carbocycles. The molecule has 0 aliphatic rings. The van der Waals surface area contributed by atoms with E-state index in [1.54, 1.807) is 42.7 Å². The maximum Gasteiger partial charge on any atom is 0.266 e. The number of nitrogens with zero attached hydrogens (tertiary/aromatic N) is 3. The van der Waals surface area contributed by atoms with Gasteiger partial charge in [-0.25, -0.2) is 4.98 Å². The van der Waals surface area contributed by atoms with E-state index in [1.165, 1.54) is 16.3 Å². The lowest BCUT2D eigenvalue weighted by molar-refractivity contribution is 0.102. The predicted octanol–water partition coefficient (Wildman–Crippen LogP) is 6.07. The van der Waals surface area contributed by atoms with Crippen molar-refractivity contribution >= 4 is 40.0 Å². The number of carbonyl (C=O) groups is 1. The van der Waals surface area contributed by atoms with E-state index >= 15 is 0 Å². The van der Waals surface area contributed by atoms with Crippen molar-refractivity contribution in [3.8, 4) is 5.69 Å². The van der Waals surface area contributed by atoms with Gasteiger partial charge < -0.3 is 8.98 Å². The molecule has 0 fully saturated rings. The zero-order valence-electron chi connectivity index (χ0n) is 19.2. The average Bonchev–Trinajstić information content (AvgIpc) is 3.47. The van der Waals surface area contributed by atoms with Crippen LogP contribution in [-0.2, 0) is 6.54 Å². The van der Waals surface area contributed by atoms with Gasteiger partial charge in [0.05, 0.1) is 35.2 Å². The van der Waals surface area contributed by atoms with Gasteiger partial charge in [-0.3, -0.25) is 14.2 Å². The molecule has 35 heavy (non-hydrogen) atoms. The highest BCUT2D eigenvalue weighted by molar-refractivity contribution is 7.99. The minimum atomic E-state index is -0.190. The van der Waals surface area contributed by atoms with Crippen LogP contribution in [0.4, 0.5) is 0 Å². The van der Waals surface area contributed by atoms with Crippen molar-refractivity contribution in [3.05, 3.63) is 111 Å². The van der Waals surface area contributed by atoms with E-state index in [2.05, 4.69) is 4.57 Å². The molecule has 8 heteroatoms. The van der Waals surface area contributed by atoms with Crippen LogP contribution >= 0.6 is 23.4 Å². The Hall–Kier alpha value is -3.55. The molecule has 3 aromatic heterocycles. The Morgan fingerprint density at radius 3 is 2.57 bits per heavy atom. The molecule has 0 atom stereocenters. The van der Waals surface area contributed by atoms with Crippen LogP contribution in [0.25, 0.3) is 16.6 Å². The van der Waals surface area contributed by atoms with Crippen molar-refractivity contribution in [2.24, 2.45) is 0 Å². The number of rotatable bonds is 7. The summed E-state index contributed by atoms with van der Waals surface area (Å²) in [5.74, 6) is 0.940. The molecule has 0 radical (unpaired) electrons. The van der Waals surface area contributed by atoms with Crippen LogP contribution in [0.1, 0.15) is 27.5 Å². The summed E-state index contributed by atoms with van der Waals surface area (Å²) in [6, 6.07) is 19.9. The Morgan fingerprint density at radius 1 is 1.06 bits per heavy atom. The number of halogens is 1. The van der Waals surface area contributed by atoms with Crippen molar-refractivity contribution in [3.63, 3.8) is 0 Å². The lowest BCUT2D eigenvalue weighted by Crippen LogP contribution is -2.22. The fourth-order valence-electron chi connectivity index (χ4n) is 4.12. The van der Waals surface area contributed by atoms with Crippen LogP contribution in [-0.4, -0.2) is 25.7 Å². The largest absolute Gasteiger partial charge is 0.467 e. The minimum absolute atomic E-state index is 0.0288. The molecule has 0 unspecified atom stereocenters. The van der Waals surface area contributed by atoms with Gasteiger partial charge in [-0.1, -0.05) is 35.5 Å². The van der Waals surface area contributed by atoms with E-state index in [1.807, 2.05) is 44.2 Å². The fourth-order valence-corrected chi connectivity index (χ4v) is 5.14. The molecular formula is C27H22ClN3O3S. The van der Waals surface area contributed by atoms with Gasteiger partial charge in [0.25, 0.3) is 5.56 Å². The molecule has 3 heterocycles. The van der Waals surface area contributed by atoms with Crippen LogP contribution < -0.4 is 5.56 Å². The van der Waals surface area contributed by atoms with Crippen molar-refractivity contribution in [1.29, 1.82) is 0 Å². The van der Waals surface area contributed by atoms with E-state index in [0.29, 0.717) is 38.9 Å². The number of ketones is 1. The van der Waals surface area contributed by atoms with Crippen LogP contribution in [0.15, 0.2) is 87.4 Å². The number of benzene rings is 2. The molecule has 5 aromatic rings. The number of hydrogen-bond donors (Lipinski definition) is 0. The van der Waals surface area contributed by atoms with Crippen molar-refractivity contribution in [2.75, 3.05) is 5.75 Å². The Kier molecular flexibility index (Phi) is 6.36. The maximum atomic E-state index is 13.4. The zero-order chi connectivity index (χ0) is 24.5. The van der Waals surface area contributed by atoms with Crippen molar-refractivity contribution in [1.82, 2.24) is 14.1 Å². The smallest absolute Gasteiger partial charge is 0.266 e. The number of para-hydroxylation sites is 1. The Morgan fingerprint density at radius 2 is 1.83 bits per heavy atom. The third kappa shape index (κ3) is 4.57. The molecule has 0 N–H and O–H groups in total. The summed E-state index contributed by atoms with van der Waals surface area (Å²) in [7, 11) is 0. The second-order valence-electron chi connectivity index (χ2n) is 8.19. The second-order valence-corrected chi connectivity index (χ2v) is 9.57. The van der Waals surface area contributed by atoms with Crippen LogP contribution in [0.3, 0.4) is 0 Å². The molecule has 0 aliphatic heterocycles. The predicted molar refractivity (Wildman–Crippen MR) is 139 cm³/mol. The van der Waals surface area contributed by atoms with Crippen molar-refractivity contribution in [2.45, 2.75) is 25.5 Å². The highest BCUT2D eigenvalue weighted by Gasteiger charge is 2.19. The average molecular weight is 504 g/mol. The molecule has 0 saturated carbocycles. The Labute approximate surface area is 211 Å². The van der Waals surface area contributed by atoms with Gasteiger partial charge in [0.1, 0.15) is 5.76 Å². The topological polar surface area (TPSA) is 70.0 Å². The normalized spacial score (nSPS) is 11.3. The molecule has 6 nitrogen and oxygen atoms in total. The first-order valence-corrected chi connectivity index (χ1v) is 12.4. The summed E-state index contributed by atoms with van der Waals surface area (Å²) in [4.78, 5) is 31.4. The maximum absolute atomic E-state index is 13.4. The second kappa shape index (κ2) is 9.60. The Balaban J connectivity index is 1.47. The molecule has 0 saturated heterocycles. The molecule has 2 aromatic carbocycles. The highest BCUT2D eigenvalue weighted by atomic mass is 35.5. The summed E-state index contributed by atoms with van der Waals surface area (Å²) >= 11 is 7.31. The number of fused-ring (bicyclic) bond motifs is 1.